The molecule has 0 fully saturated rings. The third kappa shape index (κ3) is 6.03. The van der Waals surface area contributed by atoms with Gasteiger partial charge in [0.25, 0.3) is 0 Å². The van der Waals surface area contributed by atoms with Crippen molar-refractivity contribution in [2.45, 2.75) is 13.0 Å². The van der Waals surface area contributed by atoms with E-state index >= 15 is 0 Å². The van der Waals surface area contributed by atoms with E-state index in [2.05, 4.69) is 19.1 Å². The van der Waals surface area contributed by atoms with Crippen molar-refractivity contribution in [2.75, 3.05) is 0 Å². The maximum absolute atomic E-state index is 11.9. The zero-order chi connectivity index (χ0) is 16.5. The smallest absolute Gasteiger partial charge is 0.195 e. The topological polar surface area (TPSA) is 37.3 Å². The lowest BCUT2D eigenvalue weighted by atomic mass is 10.0. The molecule has 1 N–H and O–H groups in total. The zero-order valence-electron chi connectivity index (χ0n) is 13.6. The Bertz CT molecular complexity index is 713. The Morgan fingerprint density at radius 3 is 1.58 bits per heavy atom. The lowest BCUT2D eigenvalue weighted by Crippen LogP contribution is -2.11. The van der Waals surface area contributed by atoms with Crippen LogP contribution in [0.15, 0.2) is 91.0 Å². The van der Waals surface area contributed by atoms with Gasteiger partial charge in [0.1, 0.15) is 6.10 Å². The van der Waals surface area contributed by atoms with Gasteiger partial charge in [-0.3, -0.25) is 4.79 Å². The number of benzene rings is 3. The van der Waals surface area contributed by atoms with Crippen LogP contribution in [-0.2, 0) is 0 Å². The molecule has 2 nitrogen and oxygen atoms in total. The van der Waals surface area contributed by atoms with Gasteiger partial charge >= 0.3 is 0 Å². The van der Waals surface area contributed by atoms with E-state index in [-0.39, 0.29) is 19.3 Å². The molecular formula is C21H22O2S. The van der Waals surface area contributed by atoms with Gasteiger partial charge in [0.05, 0.1) is 0 Å². The van der Waals surface area contributed by atoms with Gasteiger partial charge in [-0.05, 0) is 12.5 Å². The number of hydrogen-bond acceptors (Lipinski definition) is 2. The summed E-state index contributed by atoms with van der Waals surface area (Å²) in [7, 11) is 0. The molecule has 0 heterocycles. The molecule has 0 aliphatic carbocycles. The van der Waals surface area contributed by atoms with Crippen LogP contribution in [0.4, 0.5) is 0 Å². The van der Waals surface area contributed by atoms with Crippen LogP contribution in [0.5, 0.6) is 0 Å². The summed E-state index contributed by atoms with van der Waals surface area (Å²) >= 11 is 0. The molecule has 1 unspecified atom stereocenters. The Labute approximate surface area is 150 Å². The minimum atomic E-state index is -1.08. The fraction of sp³-hybridized carbons (Fsp3) is 0.0952. The molecule has 0 saturated carbocycles. The largest absolute Gasteiger partial charge is 0.380 e. The first kappa shape index (κ1) is 19.7. The number of rotatable bonds is 3. The molecule has 0 saturated heterocycles. The molecule has 3 aromatic rings. The highest BCUT2D eigenvalue weighted by Crippen LogP contribution is 2.17. The number of aliphatic hydroxyl groups excluding tert-OH is 1. The van der Waals surface area contributed by atoms with E-state index in [0.29, 0.717) is 11.1 Å². The third-order valence-corrected chi connectivity index (χ3v) is 3.36. The average Bonchev–Trinajstić information content (AvgIpc) is 2.63. The molecule has 3 rings (SSSR count). The summed E-state index contributed by atoms with van der Waals surface area (Å²) in [5.41, 5.74) is 2.47. The molecule has 24 heavy (non-hydrogen) atoms. The Morgan fingerprint density at radius 2 is 1.17 bits per heavy atom. The van der Waals surface area contributed by atoms with Crippen LogP contribution in [0.1, 0.15) is 27.6 Å². The van der Waals surface area contributed by atoms with Gasteiger partial charge in [-0.1, -0.05) is 96.6 Å². The SMILES string of the molecule is Cc1ccccc1.O=C(c1ccccc1)C(O)c1ccccc1.S. The van der Waals surface area contributed by atoms with Crippen LogP contribution >= 0.6 is 13.5 Å². The minimum Gasteiger partial charge on any atom is -0.380 e. The van der Waals surface area contributed by atoms with E-state index < -0.39 is 6.10 Å². The Hall–Kier alpha value is -2.36. The molecule has 3 aromatic carbocycles. The van der Waals surface area contributed by atoms with Crippen LogP contribution < -0.4 is 0 Å². The molecule has 124 valence electrons. The minimum absolute atomic E-state index is 0. The Balaban J connectivity index is 0.000000304. The summed E-state index contributed by atoms with van der Waals surface area (Å²) in [6, 6.07) is 28.0. The number of carbonyl (C=O) groups is 1. The predicted molar refractivity (Wildman–Crippen MR) is 104 cm³/mol. The second-order valence-corrected chi connectivity index (χ2v) is 5.20. The second-order valence-electron chi connectivity index (χ2n) is 5.20. The third-order valence-electron chi connectivity index (χ3n) is 3.36. The van der Waals surface area contributed by atoms with Gasteiger partial charge in [-0.15, -0.1) is 0 Å². The molecule has 0 bridgehead atoms. The van der Waals surface area contributed by atoms with Crippen molar-refractivity contribution in [1.29, 1.82) is 0 Å². The summed E-state index contributed by atoms with van der Waals surface area (Å²) < 4.78 is 0. The lowest BCUT2D eigenvalue weighted by molar-refractivity contribution is 0.0747. The highest BCUT2D eigenvalue weighted by Gasteiger charge is 2.18. The zero-order valence-corrected chi connectivity index (χ0v) is 14.6. The molecule has 3 heteroatoms. The van der Waals surface area contributed by atoms with E-state index in [4.69, 9.17) is 0 Å². The maximum Gasteiger partial charge on any atom is 0.195 e. The van der Waals surface area contributed by atoms with E-state index in [0.717, 1.165) is 0 Å². The fourth-order valence-electron chi connectivity index (χ4n) is 2.08. The van der Waals surface area contributed by atoms with Crippen LogP contribution in [0, 0.1) is 6.92 Å². The van der Waals surface area contributed by atoms with Crippen LogP contribution in [-0.4, -0.2) is 10.9 Å². The fourth-order valence-corrected chi connectivity index (χ4v) is 2.08. The van der Waals surface area contributed by atoms with Crippen molar-refractivity contribution in [1.82, 2.24) is 0 Å². The van der Waals surface area contributed by atoms with Crippen molar-refractivity contribution in [3.05, 3.63) is 108 Å². The van der Waals surface area contributed by atoms with E-state index in [1.165, 1.54) is 5.56 Å². The second kappa shape index (κ2) is 10.4. The maximum atomic E-state index is 11.9. The summed E-state index contributed by atoms with van der Waals surface area (Å²) in [5, 5.41) is 9.89. The van der Waals surface area contributed by atoms with Crippen molar-refractivity contribution in [2.24, 2.45) is 0 Å². The van der Waals surface area contributed by atoms with Gasteiger partial charge in [-0.25, -0.2) is 0 Å². The molecule has 0 aromatic heterocycles. The number of ketones is 1. The summed E-state index contributed by atoms with van der Waals surface area (Å²) in [4.78, 5) is 11.9. The van der Waals surface area contributed by atoms with E-state index in [1.807, 2.05) is 30.3 Å². The number of Topliss-reactive ketones (excluding diaryl/α,β-unsaturated/α-hetero) is 1. The molecular weight excluding hydrogens is 316 g/mol. The summed E-state index contributed by atoms with van der Waals surface area (Å²) in [6.45, 7) is 2.08. The van der Waals surface area contributed by atoms with Crippen LogP contribution in [0.2, 0.25) is 0 Å². The summed E-state index contributed by atoms with van der Waals surface area (Å²) in [6.07, 6.45) is -1.08. The Kier molecular flexibility index (Phi) is 8.55. The highest BCUT2D eigenvalue weighted by atomic mass is 32.1. The molecule has 0 amide bonds. The summed E-state index contributed by atoms with van der Waals surface area (Å²) in [5.74, 6) is -0.271. The Morgan fingerprint density at radius 1 is 0.750 bits per heavy atom. The number of aryl methyl sites for hydroxylation is 1. The molecule has 0 aliphatic rings. The first-order valence-corrected chi connectivity index (χ1v) is 7.52. The van der Waals surface area contributed by atoms with Crippen molar-refractivity contribution >= 4 is 19.3 Å². The molecule has 0 radical (unpaired) electrons. The number of hydrogen-bond donors (Lipinski definition) is 1. The van der Waals surface area contributed by atoms with Gasteiger partial charge in [-0.2, -0.15) is 13.5 Å². The molecule has 1 atom stereocenters. The highest BCUT2D eigenvalue weighted by molar-refractivity contribution is 7.59. The van der Waals surface area contributed by atoms with Gasteiger partial charge < -0.3 is 5.11 Å². The standard InChI is InChI=1S/C14H12O2.C7H8.H2S/c15-13(11-7-3-1-4-8-11)14(16)12-9-5-2-6-10-12;1-7-5-3-2-4-6-7;/h1-10,13,15H;2-6H,1H3;1H2. The lowest BCUT2D eigenvalue weighted by Gasteiger charge is -2.09. The average molecular weight is 338 g/mol. The number of aliphatic hydroxyl groups is 1. The monoisotopic (exact) mass is 338 g/mol. The quantitative estimate of drug-likeness (QED) is 0.702. The first-order chi connectivity index (χ1) is 11.2. The van der Waals surface area contributed by atoms with Crippen molar-refractivity contribution in [3.8, 4) is 0 Å². The molecule has 0 aliphatic heterocycles. The van der Waals surface area contributed by atoms with Crippen molar-refractivity contribution in [3.63, 3.8) is 0 Å². The van der Waals surface area contributed by atoms with E-state index in [1.54, 1.807) is 48.5 Å². The molecule has 0 spiro atoms. The van der Waals surface area contributed by atoms with Gasteiger partial charge in [0.2, 0.25) is 0 Å². The van der Waals surface area contributed by atoms with Crippen LogP contribution in [0.3, 0.4) is 0 Å². The van der Waals surface area contributed by atoms with Crippen molar-refractivity contribution < 1.29 is 9.90 Å². The van der Waals surface area contributed by atoms with Gasteiger partial charge in [0.15, 0.2) is 5.78 Å². The normalized spacial score (nSPS) is 10.6. The van der Waals surface area contributed by atoms with E-state index in [9.17, 15) is 9.90 Å². The predicted octanol–water partition coefficient (Wildman–Crippen LogP) is 4.71. The van der Waals surface area contributed by atoms with Gasteiger partial charge in [0, 0.05) is 5.56 Å². The number of carbonyl (C=O) groups excluding carboxylic acids is 1. The first-order valence-electron chi connectivity index (χ1n) is 7.52. The van der Waals surface area contributed by atoms with Crippen LogP contribution in [0.25, 0.3) is 0 Å².